The molecule has 3 heteroatoms. The van der Waals surface area contributed by atoms with E-state index in [1.54, 1.807) is 0 Å². The smallest absolute Gasteiger partial charge is 0.0316 e. The highest BCUT2D eigenvalue weighted by Gasteiger charge is 2.18. The number of hydrogen-bond acceptors (Lipinski definition) is 2. The molecule has 0 saturated carbocycles. The first-order chi connectivity index (χ1) is 9.31. The van der Waals surface area contributed by atoms with Gasteiger partial charge in [-0.3, -0.25) is 0 Å². The van der Waals surface area contributed by atoms with Crippen molar-refractivity contribution in [3.63, 3.8) is 0 Å². The third kappa shape index (κ3) is 3.53. The molecule has 20 heavy (non-hydrogen) atoms. The molecule has 0 aromatic heterocycles. The maximum Gasteiger partial charge on any atom is 0.0316 e. The molecule has 2 aromatic rings. The lowest BCUT2D eigenvalue weighted by Crippen LogP contribution is -2.34. The quantitative estimate of drug-likeness (QED) is 0.850. The summed E-state index contributed by atoms with van der Waals surface area (Å²) in [5.41, 5.74) is 11.0. The standard InChI is InChI=1S/C17H20N2.ClH/c18-16-8-6-14-7-9-17(11-15(14)10-16)19-12-13-4-2-1-3-5-13;/h1-6,8,10,17,19H,7,9,11-12,18H2;1H. The van der Waals surface area contributed by atoms with E-state index >= 15 is 0 Å². The number of halogens is 1. The summed E-state index contributed by atoms with van der Waals surface area (Å²) in [6.45, 7) is 0.948. The topological polar surface area (TPSA) is 38.0 Å². The number of aryl methyl sites for hydroxylation is 1. The van der Waals surface area contributed by atoms with Crippen LogP contribution in [0.3, 0.4) is 0 Å². The van der Waals surface area contributed by atoms with E-state index in [1.807, 2.05) is 6.07 Å². The van der Waals surface area contributed by atoms with Crippen molar-refractivity contribution in [2.45, 2.75) is 31.8 Å². The van der Waals surface area contributed by atoms with Gasteiger partial charge in [-0.25, -0.2) is 0 Å². The van der Waals surface area contributed by atoms with Gasteiger partial charge in [0.05, 0.1) is 0 Å². The zero-order valence-electron chi connectivity index (χ0n) is 11.5. The first kappa shape index (κ1) is 14.9. The molecular weight excluding hydrogens is 268 g/mol. The molecule has 0 fully saturated rings. The molecule has 0 amide bonds. The van der Waals surface area contributed by atoms with Crippen molar-refractivity contribution in [1.82, 2.24) is 5.32 Å². The number of nitrogens with two attached hydrogens (primary N) is 1. The Bertz CT molecular complexity index is 554. The second-order valence-corrected chi connectivity index (χ2v) is 5.33. The number of nitrogen functional groups attached to an aromatic ring is 1. The number of anilines is 1. The van der Waals surface area contributed by atoms with Crippen molar-refractivity contribution in [3.05, 3.63) is 65.2 Å². The second kappa shape index (κ2) is 6.78. The maximum absolute atomic E-state index is 5.87. The fourth-order valence-electron chi connectivity index (χ4n) is 2.81. The average molecular weight is 289 g/mol. The van der Waals surface area contributed by atoms with Crippen LogP contribution < -0.4 is 11.1 Å². The zero-order valence-corrected chi connectivity index (χ0v) is 12.3. The summed E-state index contributed by atoms with van der Waals surface area (Å²) in [7, 11) is 0. The minimum Gasteiger partial charge on any atom is -0.399 e. The Morgan fingerprint density at radius 3 is 2.65 bits per heavy atom. The van der Waals surface area contributed by atoms with Gasteiger partial charge in [0.2, 0.25) is 0 Å². The Morgan fingerprint density at radius 1 is 1.05 bits per heavy atom. The predicted octanol–water partition coefficient (Wildman–Crippen LogP) is 3.34. The highest BCUT2D eigenvalue weighted by Crippen LogP contribution is 2.23. The lowest BCUT2D eigenvalue weighted by molar-refractivity contribution is 0.458. The third-order valence-corrected chi connectivity index (χ3v) is 3.90. The van der Waals surface area contributed by atoms with Gasteiger partial charge in [-0.2, -0.15) is 0 Å². The van der Waals surface area contributed by atoms with Crippen LogP contribution in [0.5, 0.6) is 0 Å². The summed E-state index contributed by atoms with van der Waals surface area (Å²) in [6, 6.07) is 17.5. The van der Waals surface area contributed by atoms with Gasteiger partial charge in [0, 0.05) is 18.3 Å². The SMILES string of the molecule is Cl.Nc1ccc2c(c1)CC(NCc1ccccc1)CC2. The molecule has 1 aliphatic carbocycles. The largest absolute Gasteiger partial charge is 0.399 e. The van der Waals surface area contributed by atoms with E-state index in [4.69, 9.17) is 5.73 Å². The number of fused-ring (bicyclic) bond motifs is 1. The maximum atomic E-state index is 5.87. The Hall–Kier alpha value is -1.51. The molecule has 2 aromatic carbocycles. The Labute approximate surface area is 126 Å². The van der Waals surface area contributed by atoms with Crippen molar-refractivity contribution in [2.75, 3.05) is 5.73 Å². The van der Waals surface area contributed by atoms with E-state index < -0.39 is 0 Å². The third-order valence-electron chi connectivity index (χ3n) is 3.90. The van der Waals surface area contributed by atoms with Crippen molar-refractivity contribution < 1.29 is 0 Å². The molecule has 0 radical (unpaired) electrons. The first-order valence-corrected chi connectivity index (χ1v) is 6.96. The normalized spacial score (nSPS) is 17.1. The fourth-order valence-corrected chi connectivity index (χ4v) is 2.81. The van der Waals surface area contributed by atoms with Crippen LogP contribution in [0.25, 0.3) is 0 Å². The van der Waals surface area contributed by atoms with E-state index in [0.29, 0.717) is 6.04 Å². The number of rotatable bonds is 3. The van der Waals surface area contributed by atoms with Crippen LogP contribution in [-0.4, -0.2) is 6.04 Å². The molecular formula is C17H21ClN2. The van der Waals surface area contributed by atoms with Crippen LogP contribution in [-0.2, 0) is 19.4 Å². The first-order valence-electron chi connectivity index (χ1n) is 6.96. The van der Waals surface area contributed by atoms with Crippen molar-refractivity contribution in [3.8, 4) is 0 Å². The van der Waals surface area contributed by atoms with Crippen LogP contribution in [0, 0.1) is 0 Å². The van der Waals surface area contributed by atoms with Crippen LogP contribution in [0.4, 0.5) is 5.69 Å². The van der Waals surface area contributed by atoms with Crippen LogP contribution in [0.2, 0.25) is 0 Å². The van der Waals surface area contributed by atoms with Crippen LogP contribution >= 0.6 is 12.4 Å². The van der Waals surface area contributed by atoms with Crippen LogP contribution in [0.15, 0.2) is 48.5 Å². The summed E-state index contributed by atoms with van der Waals surface area (Å²) in [6.07, 6.45) is 3.46. The van der Waals surface area contributed by atoms with E-state index in [0.717, 1.165) is 25.1 Å². The van der Waals surface area contributed by atoms with Gasteiger partial charge in [-0.1, -0.05) is 36.4 Å². The van der Waals surface area contributed by atoms with E-state index in [9.17, 15) is 0 Å². The van der Waals surface area contributed by atoms with Gasteiger partial charge < -0.3 is 11.1 Å². The number of nitrogens with one attached hydrogen (secondary N) is 1. The van der Waals surface area contributed by atoms with Crippen LogP contribution in [0.1, 0.15) is 23.1 Å². The zero-order chi connectivity index (χ0) is 13.1. The number of hydrogen-bond donors (Lipinski definition) is 2. The van der Waals surface area contributed by atoms with Crippen molar-refractivity contribution >= 4 is 18.1 Å². The van der Waals surface area contributed by atoms with Gasteiger partial charge in [0.25, 0.3) is 0 Å². The highest BCUT2D eigenvalue weighted by atomic mass is 35.5. The Morgan fingerprint density at radius 2 is 1.85 bits per heavy atom. The van der Waals surface area contributed by atoms with E-state index in [2.05, 4.69) is 47.8 Å². The lowest BCUT2D eigenvalue weighted by atomic mass is 9.88. The molecule has 2 nitrogen and oxygen atoms in total. The summed E-state index contributed by atoms with van der Waals surface area (Å²) >= 11 is 0. The van der Waals surface area contributed by atoms with Gasteiger partial charge in [-0.05, 0) is 48.1 Å². The minimum atomic E-state index is 0. The summed E-state index contributed by atoms with van der Waals surface area (Å²) in [5.74, 6) is 0. The summed E-state index contributed by atoms with van der Waals surface area (Å²) in [5, 5.41) is 3.66. The van der Waals surface area contributed by atoms with Gasteiger partial charge >= 0.3 is 0 Å². The number of benzene rings is 2. The molecule has 1 unspecified atom stereocenters. The van der Waals surface area contributed by atoms with E-state index in [-0.39, 0.29) is 12.4 Å². The molecule has 3 N–H and O–H groups in total. The van der Waals surface area contributed by atoms with Crippen molar-refractivity contribution in [1.29, 1.82) is 0 Å². The average Bonchev–Trinajstić information content (AvgIpc) is 2.46. The van der Waals surface area contributed by atoms with Gasteiger partial charge in [0.15, 0.2) is 0 Å². The molecule has 0 bridgehead atoms. The molecule has 106 valence electrons. The molecule has 3 rings (SSSR count). The summed E-state index contributed by atoms with van der Waals surface area (Å²) in [4.78, 5) is 0. The fraction of sp³-hybridized carbons (Fsp3) is 0.294. The molecule has 0 heterocycles. The molecule has 1 aliphatic rings. The highest BCUT2D eigenvalue weighted by molar-refractivity contribution is 5.85. The molecule has 1 atom stereocenters. The molecule has 0 aliphatic heterocycles. The van der Waals surface area contributed by atoms with Gasteiger partial charge in [-0.15, -0.1) is 12.4 Å². The Balaban J connectivity index is 0.00000147. The van der Waals surface area contributed by atoms with Gasteiger partial charge in [0.1, 0.15) is 0 Å². The monoisotopic (exact) mass is 288 g/mol. The lowest BCUT2D eigenvalue weighted by Gasteiger charge is -2.26. The summed E-state index contributed by atoms with van der Waals surface area (Å²) < 4.78 is 0. The van der Waals surface area contributed by atoms with E-state index in [1.165, 1.54) is 23.1 Å². The molecule has 0 saturated heterocycles. The Kier molecular flexibility index (Phi) is 5.05. The molecule has 0 spiro atoms. The predicted molar refractivity (Wildman–Crippen MR) is 87.2 cm³/mol. The van der Waals surface area contributed by atoms with Crippen molar-refractivity contribution in [2.24, 2.45) is 0 Å². The minimum absolute atomic E-state index is 0. The second-order valence-electron chi connectivity index (χ2n) is 5.33.